The third-order valence-corrected chi connectivity index (χ3v) is 4.11. The molecule has 0 spiro atoms. The summed E-state index contributed by atoms with van der Waals surface area (Å²) < 4.78 is 24.4. The molecule has 0 fully saturated rings. The highest BCUT2D eigenvalue weighted by atomic mass is 19.1. The van der Waals surface area contributed by atoms with Crippen LogP contribution in [-0.4, -0.2) is 29.6 Å². The zero-order chi connectivity index (χ0) is 18.7. The molecule has 0 aliphatic carbocycles. The second-order valence-corrected chi connectivity index (χ2v) is 5.98. The highest BCUT2D eigenvalue weighted by molar-refractivity contribution is 5.79. The molecule has 0 radical (unpaired) electrons. The summed E-state index contributed by atoms with van der Waals surface area (Å²) in [4.78, 5) is 24.4. The molecule has 2 aromatic rings. The van der Waals surface area contributed by atoms with E-state index in [2.05, 4.69) is 0 Å². The first-order valence-electron chi connectivity index (χ1n) is 7.94. The van der Waals surface area contributed by atoms with Crippen molar-refractivity contribution in [3.63, 3.8) is 0 Å². The Balaban J connectivity index is 1.77. The number of carbonyl (C=O) groups excluding carboxylic acids is 1. The van der Waals surface area contributed by atoms with Gasteiger partial charge in [0.05, 0.1) is 18.0 Å². The Morgan fingerprint density at radius 1 is 1.31 bits per heavy atom. The van der Waals surface area contributed by atoms with Gasteiger partial charge in [0, 0.05) is 36.3 Å². The molecule has 2 aromatic carbocycles. The fourth-order valence-corrected chi connectivity index (χ4v) is 2.85. The molecule has 0 bridgehead atoms. The van der Waals surface area contributed by atoms with Gasteiger partial charge in [0.15, 0.2) is 6.79 Å². The number of hydrogen-bond acceptors (Lipinski definition) is 5. The van der Waals surface area contributed by atoms with Crippen LogP contribution in [0.15, 0.2) is 36.4 Å². The van der Waals surface area contributed by atoms with E-state index in [4.69, 9.17) is 9.47 Å². The van der Waals surface area contributed by atoms with Gasteiger partial charge in [0.2, 0.25) is 5.91 Å². The van der Waals surface area contributed by atoms with E-state index >= 15 is 0 Å². The van der Waals surface area contributed by atoms with Gasteiger partial charge in [0.25, 0.3) is 5.69 Å². The number of nitro groups is 1. The minimum absolute atomic E-state index is 0.0690. The molecule has 1 amide bonds. The maximum Gasteiger partial charge on any atom is 0.273 e. The van der Waals surface area contributed by atoms with Crippen molar-refractivity contribution in [2.45, 2.75) is 19.6 Å². The monoisotopic (exact) mass is 360 g/mol. The molecule has 0 atom stereocenters. The second kappa shape index (κ2) is 7.49. The molecule has 3 rings (SSSR count). The summed E-state index contributed by atoms with van der Waals surface area (Å²) in [6.07, 6.45) is -0.116. The van der Waals surface area contributed by atoms with Gasteiger partial charge in [0.1, 0.15) is 11.6 Å². The lowest BCUT2D eigenvalue weighted by Gasteiger charge is -2.24. The first kappa shape index (κ1) is 17.8. The quantitative estimate of drug-likeness (QED) is 0.605. The molecule has 136 valence electrons. The van der Waals surface area contributed by atoms with E-state index in [-0.39, 0.29) is 38.0 Å². The van der Waals surface area contributed by atoms with Gasteiger partial charge in [-0.3, -0.25) is 14.9 Å². The van der Waals surface area contributed by atoms with Gasteiger partial charge in [-0.2, -0.15) is 0 Å². The molecule has 0 aromatic heterocycles. The predicted molar refractivity (Wildman–Crippen MR) is 90.0 cm³/mol. The Kier molecular flexibility index (Phi) is 5.13. The van der Waals surface area contributed by atoms with Gasteiger partial charge in [-0.25, -0.2) is 4.39 Å². The molecule has 1 heterocycles. The maximum atomic E-state index is 13.8. The smallest absolute Gasteiger partial charge is 0.273 e. The lowest BCUT2D eigenvalue weighted by molar-refractivity contribution is -0.385. The van der Waals surface area contributed by atoms with E-state index in [0.717, 1.165) is 0 Å². The second-order valence-electron chi connectivity index (χ2n) is 5.98. The Labute approximate surface area is 149 Å². The average Bonchev–Trinajstić information content (AvgIpc) is 2.61. The predicted octanol–water partition coefficient (Wildman–Crippen LogP) is 2.80. The van der Waals surface area contributed by atoms with Crippen LogP contribution in [0.2, 0.25) is 0 Å². The fraction of sp³-hybridized carbons (Fsp3) is 0.278. The Morgan fingerprint density at radius 2 is 2.08 bits per heavy atom. The summed E-state index contributed by atoms with van der Waals surface area (Å²) in [5.41, 5.74) is 1.35. The number of benzene rings is 2. The van der Waals surface area contributed by atoms with E-state index < -0.39 is 10.7 Å². The SMILES string of the molecule is CN(Cc1cc(F)cc2c1OCOC2)C(=O)Cc1ccccc1[N+](=O)[O-]. The normalized spacial score (nSPS) is 12.8. The molecular weight excluding hydrogens is 343 g/mol. The van der Waals surface area contributed by atoms with Crippen LogP contribution < -0.4 is 4.74 Å². The third-order valence-electron chi connectivity index (χ3n) is 4.11. The van der Waals surface area contributed by atoms with Crippen molar-refractivity contribution >= 4 is 11.6 Å². The van der Waals surface area contributed by atoms with Gasteiger partial charge in [-0.05, 0) is 12.1 Å². The van der Waals surface area contributed by atoms with Crippen molar-refractivity contribution < 1.29 is 23.6 Å². The van der Waals surface area contributed by atoms with Gasteiger partial charge < -0.3 is 14.4 Å². The Hall–Kier alpha value is -3.00. The van der Waals surface area contributed by atoms with Crippen molar-refractivity contribution in [2.24, 2.45) is 0 Å². The van der Waals surface area contributed by atoms with E-state index in [1.807, 2.05) is 0 Å². The van der Waals surface area contributed by atoms with Crippen LogP contribution in [0.1, 0.15) is 16.7 Å². The summed E-state index contributed by atoms with van der Waals surface area (Å²) in [5.74, 6) is -0.236. The zero-order valence-corrected chi connectivity index (χ0v) is 14.1. The van der Waals surface area contributed by atoms with Crippen LogP contribution in [0, 0.1) is 15.9 Å². The molecule has 7 nitrogen and oxygen atoms in total. The summed E-state index contributed by atoms with van der Waals surface area (Å²) >= 11 is 0. The van der Waals surface area contributed by atoms with E-state index in [9.17, 15) is 19.3 Å². The fourth-order valence-electron chi connectivity index (χ4n) is 2.85. The van der Waals surface area contributed by atoms with Crippen molar-refractivity contribution in [1.29, 1.82) is 0 Å². The van der Waals surface area contributed by atoms with Crippen molar-refractivity contribution in [1.82, 2.24) is 4.90 Å². The van der Waals surface area contributed by atoms with Crippen molar-refractivity contribution in [2.75, 3.05) is 13.8 Å². The molecule has 0 unspecified atom stereocenters. The third kappa shape index (κ3) is 3.80. The number of nitro benzene ring substituents is 1. The number of halogens is 1. The van der Waals surface area contributed by atoms with Gasteiger partial charge in [-0.1, -0.05) is 18.2 Å². The number of nitrogens with zero attached hydrogens (tertiary/aromatic N) is 2. The van der Waals surface area contributed by atoms with Crippen LogP contribution in [0.5, 0.6) is 5.75 Å². The van der Waals surface area contributed by atoms with Gasteiger partial charge in [-0.15, -0.1) is 0 Å². The van der Waals surface area contributed by atoms with E-state index in [1.54, 1.807) is 25.2 Å². The largest absolute Gasteiger partial charge is 0.467 e. The summed E-state index contributed by atoms with van der Waals surface area (Å²) in [6, 6.07) is 8.76. The van der Waals surface area contributed by atoms with Gasteiger partial charge >= 0.3 is 0 Å². The molecule has 0 N–H and O–H groups in total. The number of hydrogen-bond donors (Lipinski definition) is 0. The molecule has 0 saturated heterocycles. The number of para-hydroxylation sites is 1. The van der Waals surface area contributed by atoms with Crippen LogP contribution in [-0.2, 0) is 29.1 Å². The molecule has 8 heteroatoms. The van der Waals surface area contributed by atoms with Crippen LogP contribution in [0.3, 0.4) is 0 Å². The summed E-state index contributed by atoms with van der Waals surface area (Å²) in [6.45, 7) is 0.438. The lowest BCUT2D eigenvalue weighted by Crippen LogP contribution is -2.28. The molecule has 26 heavy (non-hydrogen) atoms. The Morgan fingerprint density at radius 3 is 2.85 bits per heavy atom. The first-order chi connectivity index (χ1) is 12.5. The minimum Gasteiger partial charge on any atom is -0.467 e. The number of carbonyl (C=O) groups is 1. The molecule has 0 saturated carbocycles. The minimum atomic E-state index is -0.514. The maximum absolute atomic E-state index is 13.8. The summed E-state index contributed by atoms with van der Waals surface area (Å²) in [5, 5.41) is 11.1. The highest BCUT2D eigenvalue weighted by Gasteiger charge is 2.21. The molecule has 1 aliphatic rings. The zero-order valence-electron chi connectivity index (χ0n) is 14.1. The van der Waals surface area contributed by atoms with E-state index in [1.165, 1.54) is 23.1 Å². The van der Waals surface area contributed by atoms with Crippen LogP contribution in [0.4, 0.5) is 10.1 Å². The van der Waals surface area contributed by atoms with Crippen LogP contribution >= 0.6 is 0 Å². The standard InChI is InChI=1S/C18H17FN2O5/c1-20(17(22)8-12-4-2-3-5-16(12)21(23)24)9-13-6-15(19)7-14-10-25-11-26-18(13)14/h2-7H,8-11H2,1H3. The number of fused-ring (bicyclic) bond motifs is 1. The highest BCUT2D eigenvalue weighted by Crippen LogP contribution is 2.30. The average molecular weight is 360 g/mol. The number of likely N-dealkylation sites (N-methyl/N-ethyl adjacent to an activating group) is 1. The van der Waals surface area contributed by atoms with Crippen molar-refractivity contribution in [3.8, 4) is 5.75 Å². The molecular formula is C18H17FN2O5. The number of rotatable bonds is 5. The Bertz CT molecular complexity index is 855. The summed E-state index contributed by atoms with van der Waals surface area (Å²) in [7, 11) is 1.56. The van der Waals surface area contributed by atoms with Crippen LogP contribution in [0.25, 0.3) is 0 Å². The van der Waals surface area contributed by atoms with Crippen molar-refractivity contribution in [3.05, 3.63) is 69.0 Å². The number of ether oxygens (including phenoxy) is 2. The topological polar surface area (TPSA) is 81.9 Å². The molecule has 1 aliphatic heterocycles. The lowest BCUT2D eigenvalue weighted by atomic mass is 10.1. The number of amides is 1. The van der Waals surface area contributed by atoms with E-state index in [0.29, 0.717) is 22.4 Å². The first-order valence-corrected chi connectivity index (χ1v) is 7.94.